The molecule has 4 heteroatoms. The molecule has 82 valence electrons. The molecule has 0 aliphatic carbocycles. The molecule has 1 nitrogen and oxygen atoms in total. The molecular formula is C12H9ClOS2. The molecule has 0 amide bonds. The molecule has 16 heavy (non-hydrogen) atoms. The minimum Gasteiger partial charge on any atom is -0.379 e. The second kappa shape index (κ2) is 5.51. The van der Waals surface area contributed by atoms with Gasteiger partial charge in [0.15, 0.2) is 0 Å². The van der Waals surface area contributed by atoms with Gasteiger partial charge in [0.2, 0.25) is 0 Å². The van der Waals surface area contributed by atoms with Crippen molar-refractivity contribution in [2.24, 2.45) is 0 Å². The molecule has 0 saturated carbocycles. The van der Waals surface area contributed by atoms with E-state index in [2.05, 4.69) is 23.3 Å². The predicted octanol–water partition coefficient (Wildman–Crippen LogP) is 3.43. The lowest BCUT2D eigenvalue weighted by Crippen LogP contribution is -2.03. The molecule has 0 unspecified atom stereocenters. The topological polar surface area (TPSA) is 20.2 Å². The van der Waals surface area contributed by atoms with Crippen molar-refractivity contribution in [3.8, 4) is 21.6 Å². The Morgan fingerprint density at radius 3 is 2.88 bits per heavy atom. The zero-order chi connectivity index (χ0) is 11.4. The van der Waals surface area contributed by atoms with Crippen molar-refractivity contribution < 1.29 is 5.11 Å². The zero-order valence-electron chi connectivity index (χ0n) is 8.31. The van der Waals surface area contributed by atoms with E-state index in [1.807, 2.05) is 18.2 Å². The molecule has 0 aromatic carbocycles. The van der Waals surface area contributed by atoms with Gasteiger partial charge in [-0.1, -0.05) is 17.9 Å². The Morgan fingerprint density at radius 1 is 1.31 bits per heavy atom. The molecule has 2 aromatic rings. The highest BCUT2D eigenvalue weighted by atomic mass is 35.5. The van der Waals surface area contributed by atoms with Crippen LogP contribution in [0.3, 0.4) is 0 Å². The van der Waals surface area contributed by atoms with Gasteiger partial charge in [0.25, 0.3) is 0 Å². The number of rotatable bonds is 2. The standard InChI is InChI=1S/C12H9ClOS2/c13-8-9(14)3-4-10-5-6-12(16-10)11-2-1-7-15-11/h1-2,5-7,9,14H,8H2/t9-/m0/s1. The molecule has 0 aliphatic heterocycles. The molecule has 0 spiro atoms. The van der Waals surface area contributed by atoms with Crippen LogP contribution in [0.2, 0.25) is 0 Å². The molecule has 0 saturated heterocycles. The first-order chi connectivity index (χ1) is 7.79. The Balaban J connectivity index is 2.16. The summed E-state index contributed by atoms with van der Waals surface area (Å²) in [5.74, 6) is 5.76. The average molecular weight is 269 g/mol. The molecule has 0 radical (unpaired) electrons. The Bertz CT molecular complexity index is 505. The number of alkyl halides is 1. The lowest BCUT2D eigenvalue weighted by atomic mass is 10.3. The van der Waals surface area contributed by atoms with Crippen LogP contribution in [0.25, 0.3) is 9.75 Å². The highest BCUT2D eigenvalue weighted by Crippen LogP contribution is 2.30. The molecule has 0 fully saturated rings. The quantitative estimate of drug-likeness (QED) is 0.654. The first-order valence-corrected chi connectivity index (χ1v) is 6.92. The van der Waals surface area contributed by atoms with E-state index < -0.39 is 6.10 Å². The fourth-order valence-electron chi connectivity index (χ4n) is 1.15. The van der Waals surface area contributed by atoms with E-state index in [0.29, 0.717) is 0 Å². The molecular weight excluding hydrogens is 260 g/mol. The number of hydrogen-bond acceptors (Lipinski definition) is 3. The summed E-state index contributed by atoms with van der Waals surface area (Å²) < 4.78 is 0. The fourth-order valence-corrected chi connectivity index (χ4v) is 2.93. The van der Waals surface area contributed by atoms with E-state index in [0.717, 1.165) is 4.88 Å². The first-order valence-electron chi connectivity index (χ1n) is 4.69. The van der Waals surface area contributed by atoms with Gasteiger partial charge in [0.1, 0.15) is 6.10 Å². The van der Waals surface area contributed by atoms with E-state index in [1.165, 1.54) is 9.75 Å². The third kappa shape index (κ3) is 2.87. The van der Waals surface area contributed by atoms with Crippen molar-refractivity contribution in [3.05, 3.63) is 34.5 Å². The van der Waals surface area contributed by atoms with Crippen molar-refractivity contribution in [1.29, 1.82) is 0 Å². The summed E-state index contributed by atoms with van der Waals surface area (Å²) in [6.45, 7) is 0. The van der Waals surface area contributed by atoms with Gasteiger partial charge in [0.05, 0.1) is 10.8 Å². The second-order valence-corrected chi connectivity index (χ2v) is 5.42. The highest BCUT2D eigenvalue weighted by Gasteiger charge is 2.02. The summed E-state index contributed by atoms with van der Waals surface area (Å²) in [5, 5.41) is 11.3. The van der Waals surface area contributed by atoms with Crippen LogP contribution in [0.4, 0.5) is 0 Å². The smallest absolute Gasteiger partial charge is 0.128 e. The van der Waals surface area contributed by atoms with Crippen molar-refractivity contribution in [1.82, 2.24) is 0 Å². The minimum atomic E-state index is -0.742. The lowest BCUT2D eigenvalue weighted by Gasteiger charge is -1.91. The monoisotopic (exact) mass is 268 g/mol. The van der Waals surface area contributed by atoms with Crippen LogP contribution >= 0.6 is 34.3 Å². The maximum atomic E-state index is 9.21. The third-order valence-corrected chi connectivity index (χ3v) is 4.24. The summed E-state index contributed by atoms with van der Waals surface area (Å²) in [6.07, 6.45) is -0.742. The van der Waals surface area contributed by atoms with Crippen molar-refractivity contribution in [2.75, 3.05) is 5.88 Å². The molecule has 0 bridgehead atoms. The maximum absolute atomic E-state index is 9.21. The van der Waals surface area contributed by atoms with E-state index in [4.69, 9.17) is 11.6 Å². The molecule has 2 rings (SSSR count). The average Bonchev–Trinajstić information content (AvgIpc) is 2.95. The summed E-state index contributed by atoms with van der Waals surface area (Å²) in [7, 11) is 0. The van der Waals surface area contributed by atoms with Gasteiger partial charge in [-0.3, -0.25) is 0 Å². The maximum Gasteiger partial charge on any atom is 0.128 e. The summed E-state index contributed by atoms with van der Waals surface area (Å²) >= 11 is 8.79. The fraction of sp³-hybridized carbons (Fsp3) is 0.167. The zero-order valence-corrected chi connectivity index (χ0v) is 10.7. The van der Waals surface area contributed by atoms with Crippen LogP contribution in [0, 0.1) is 11.8 Å². The van der Waals surface area contributed by atoms with Crippen molar-refractivity contribution in [2.45, 2.75) is 6.10 Å². The summed E-state index contributed by atoms with van der Waals surface area (Å²) in [4.78, 5) is 3.41. The number of halogens is 1. The second-order valence-electron chi connectivity index (χ2n) is 3.08. The third-order valence-electron chi connectivity index (χ3n) is 1.88. The Labute approximate surface area is 107 Å². The van der Waals surface area contributed by atoms with Crippen LogP contribution in [-0.4, -0.2) is 17.1 Å². The highest BCUT2D eigenvalue weighted by molar-refractivity contribution is 7.21. The number of aliphatic hydroxyl groups excluding tert-OH is 1. The normalized spacial score (nSPS) is 11.9. The van der Waals surface area contributed by atoms with Gasteiger partial charge < -0.3 is 5.11 Å². The number of aliphatic hydroxyl groups is 1. The van der Waals surface area contributed by atoms with Crippen LogP contribution in [0.1, 0.15) is 4.88 Å². The summed E-state index contributed by atoms with van der Waals surface area (Å²) in [6, 6.07) is 8.13. The van der Waals surface area contributed by atoms with Crippen molar-refractivity contribution >= 4 is 34.3 Å². The first kappa shape index (κ1) is 11.7. The van der Waals surface area contributed by atoms with Gasteiger partial charge in [-0.25, -0.2) is 0 Å². The van der Waals surface area contributed by atoms with Crippen LogP contribution in [-0.2, 0) is 0 Å². The SMILES string of the molecule is O[C@@H](C#Cc1ccc(-c2cccs2)s1)CCl. The van der Waals surface area contributed by atoms with Crippen molar-refractivity contribution in [3.63, 3.8) is 0 Å². The van der Waals surface area contributed by atoms with E-state index in [-0.39, 0.29) is 5.88 Å². The number of thiophene rings is 2. The van der Waals surface area contributed by atoms with Gasteiger partial charge in [-0.05, 0) is 23.6 Å². The van der Waals surface area contributed by atoms with Crippen LogP contribution in [0.15, 0.2) is 29.6 Å². The Morgan fingerprint density at radius 2 is 2.19 bits per heavy atom. The van der Waals surface area contributed by atoms with Gasteiger partial charge in [0, 0.05) is 9.75 Å². The van der Waals surface area contributed by atoms with E-state index >= 15 is 0 Å². The Kier molecular flexibility index (Phi) is 4.03. The Hall–Kier alpha value is -0.790. The predicted molar refractivity (Wildman–Crippen MR) is 71.2 cm³/mol. The van der Waals surface area contributed by atoms with E-state index in [1.54, 1.807) is 22.7 Å². The molecule has 2 aromatic heterocycles. The largest absolute Gasteiger partial charge is 0.379 e. The number of hydrogen-bond donors (Lipinski definition) is 1. The molecule has 0 aliphatic rings. The molecule has 2 heterocycles. The van der Waals surface area contributed by atoms with Gasteiger partial charge in [-0.15, -0.1) is 34.3 Å². The van der Waals surface area contributed by atoms with Gasteiger partial charge >= 0.3 is 0 Å². The minimum absolute atomic E-state index is 0.149. The summed E-state index contributed by atoms with van der Waals surface area (Å²) in [5.41, 5.74) is 0. The molecule has 1 N–H and O–H groups in total. The van der Waals surface area contributed by atoms with Crippen LogP contribution < -0.4 is 0 Å². The van der Waals surface area contributed by atoms with E-state index in [9.17, 15) is 5.11 Å². The van der Waals surface area contributed by atoms with Crippen LogP contribution in [0.5, 0.6) is 0 Å². The lowest BCUT2D eigenvalue weighted by molar-refractivity contribution is 0.256. The van der Waals surface area contributed by atoms with Gasteiger partial charge in [-0.2, -0.15) is 0 Å². The molecule has 1 atom stereocenters.